The van der Waals surface area contributed by atoms with E-state index >= 15 is 0 Å². The van der Waals surface area contributed by atoms with E-state index in [-0.39, 0.29) is 0 Å². The Balaban J connectivity index is 0. The molecule has 0 fully saturated rings. The highest BCUT2D eigenvalue weighted by Crippen LogP contribution is 2.12. The molecule has 4 N–H and O–H groups in total. The third-order valence-electron chi connectivity index (χ3n) is 6.12. The van der Waals surface area contributed by atoms with Crippen molar-refractivity contribution in [3.63, 3.8) is 0 Å². The van der Waals surface area contributed by atoms with Crippen molar-refractivity contribution in [1.29, 1.82) is 0 Å². The van der Waals surface area contributed by atoms with Crippen LogP contribution in [-0.4, -0.2) is 13.1 Å². The van der Waals surface area contributed by atoms with Gasteiger partial charge in [0, 0.05) is 0 Å². The highest BCUT2D eigenvalue weighted by molar-refractivity contribution is 4.49. The lowest BCUT2D eigenvalue weighted by Crippen LogP contribution is -1.97. The van der Waals surface area contributed by atoms with Crippen LogP contribution in [0.15, 0.2) is 0 Å². The number of nitrogens with two attached hydrogens (primary N) is 2. The fraction of sp³-hybridized carbons (Fsp3) is 1.00. The average molecular weight is 427 g/mol. The maximum Gasteiger partial charge on any atom is -0.00773 e. The zero-order valence-corrected chi connectivity index (χ0v) is 21.5. The maximum absolute atomic E-state index is 5.45. The first-order chi connectivity index (χ1) is 14.8. The Morgan fingerprint density at radius 2 is 0.433 bits per heavy atom. The van der Waals surface area contributed by atoms with Gasteiger partial charge in [0.05, 0.1) is 0 Å². The smallest absolute Gasteiger partial charge is 0.00773 e. The minimum absolute atomic E-state index is 0.872. The van der Waals surface area contributed by atoms with Crippen LogP contribution in [0, 0.1) is 0 Å². The van der Waals surface area contributed by atoms with Crippen molar-refractivity contribution in [3.05, 3.63) is 0 Å². The van der Waals surface area contributed by atoms with Gasteiger partial charge in [0.25, 0.3) is 0 Å². The molecule has 0 rings (SSSR count). The fourth-order valence-electron chi connectivity index (χ4n) is 3.97. The summed E-state index contributed by atoms with van der Waals surface area (Å²) in [5, 5.41) is 0. The third kappa shape index (κ3) is 35.4. The van der Waals surface area contributed by atoms with Crippen molar-refractivity contribution >= 4 is 0 Å². The number of hydrogen-bond acceptors (Lipinski definition) is 2. The third-order valence-corrected chi connectivity index (χ3v) is 6.12. The molecular weight excluding hydrogens is 364 g/mol. The molecule has 0 unspecified atom stereocenters. The summed E-state index contributed by atoms with van der Waals surface area (Å²) in [5.41, 5.74) is 10.9. The molecular formula is C28H62N2. The highest BCUT2D eigenvalue weighted by Gasteiger charge is 1.93. The van der Waals surface area contributed by atoms with Crippen LogP contribution < -0.4 is 11.5 Å². The van der Waals surface area contributed by atoms with E-state index in [0.29, 0.717) is 0 Å². The van der Waals surface area contributed by atoms with E-state index in [0.717, 1.165) is 13.1 Å². The molecule has 2 heteroatoms. The summed E-state index contributed by atoms with van der Waals surface area (Å²) in [6.45, 7) is 6.30. The van der Waals surface area contributed by atoms with Crippen LogP contribution >= 0.6 is 0 Å². The Hall–Kier alpha value is -0.0800. The van der Waals surface area contributed by atoms with E-state index in [1.807, 2.05) is 0 Å². The van der Waals surface area contributed by atoms with Crippen LogP contribution in [-0.2, 0) is 0 Å². The van der Waals surface area contributed by atoms with Gasteiger partial charge in [-0.2, -0.15) is 0 Å². The lowest BCUT2D eigenvalue weighted by Gasteiger charge is -2.01. The second-order valence-electron chi connectivity index (χ2n) is 9.36. The molecule has 0 atom stereocenters. The standard InChI is InChI=1S/2C14H31N/c2*1-2-3-4-5-6-7-8-9-10-11-12-13-14-15/h2*2-15H2,1H3. The van der Waals surface area contributed by atoms with Gasteiger partial charge in [-0.25, -0.2) is 0 Å². The van der Waals surface area contributed by atoms with E-state index in [1.54, 1.807) is 0 Å². The van der Waals surface area contributed by atoms with Gasteiger partial charge in [0.2, 0.25) is 0 Å². The monoisotopic (exact) mass is 426 g/mol. The van der Waals surface area contributed by atoms with Gasteiger partial charge in [-0.05, 0) is 25.9 Å². The first-order valence-electron chi connectivity index (χ1n) is 14.2. The van der Waals surface area contributed by atoms with Crippen molar-refractivity contribution < 1.29 is 0 Å². The lowest BCUT2D eigenvalue weighted by molar-refractivity contribution is 0.545. The molecule has 0 radical (unpaired) electrons. The molecule has 2 nitrogen and oxygen atoms in total. The maximum atomic E-state index is 5.45. The molecule has 0 bridgehead atoms. The Labute approximate surface area is 192 Å². The number of hydrogen-bond donors (Lipinski definition) is 2. The van der Waals surface area contributed by atoms with Crippen molar-refractivity contribution in [2.24, 2.45) is 11.5 Å². The molecule has 184 valence electrons. The second-order valence-corrected chi connectivity index (χ2v) is 9.36. The normalized spacial score (nSPS) is 10.8. The van der Waals surface area contributed by atoms with Crippen LogP contribution in [0.5, 0.6) is 0 Å². The SMILES string of the molecule is CCCCCCCCCCCCCCN.CCCCCCCCCCCCCCN. The van der Waals surface area contributed by atoms with Crippen molar-refractivity contribution in [3.8, 4) is 0 Å². The molecule has 0 aliphatic heterocycles. The Kier molecular flexibility index (Phi) is 35.9. The minimum atomic E-state index is 0.872. The van der Waals surface area contributed by atoms with Crippen LogP contribution in [0.3, 0.4) is 0 Å². The molecule has 0 saturated carbocycles. The largest absolute Gasteiger partial charge is 0.330 e. The van der Waals surface area contributed by atoms with Gasteiger partial charge < -0.3 is 11.5 Å². The Morgan fingerprint density at radius 1 is 0.267 bits per heavy atom. The summed E-state index contributed by atoms with van der Waals surface area (Å²) < 4.78 is 0. The van der Waals surface area contributed by atoms with Crippen molar-refractivity contribution in [1.82, 2.24) is 0 Å². The molecule has 0 aliphatic carbocycles. The highest BCUT2D eigenvalue weighted by atomic mass is 14.5. The summed E-state index contributed by atoms with van der Waals surface area (Å²) in [4.78, 5) is 0. The minimum Gasteiger partial charge on any atom is -0.330 e. The topological polar surface area (TPSA) is 52.0 Å². The van der Waals surface area contributed by atoms with Crippen LogP contribution in [0.2, 0.25) is 0 Å². The second kappa shape index (κ2) is 33.6. The summed E-state index contributed by atoms with van der Waals surface area (Å²) >= 11 is 0. The number of rotatable bonds is 24. The molecule has 0 amide bonds. The van der Waals surface area contributed by atoms with Gasteiger partial charge in [0.1, 0.15) is 0 Å². The lowest BCUT2D eigenvalue weighted by atomic mass is 10.1. The van der Waals surface area contributed by atoms with Crippen LogP contribution in [0.25, 0.3) is 0 Å². The predicted molar refractivity (Wildman–Crippen MR) is 140 cm³/mol. The van der Waals surface area contributed by atoms with E-state index in [9.17, 15) is 0 Å². The summed E-state index contributed by atoms with van der Waals surface area (Å²) in [5.74, 6) is 0. The first-order valence-corrected chi connectivity index (χ1v) is 14.2. The zero-order chi connectivity index (χ0) is 22.4. The van der Waals surface area contributed by atoms with Crippen molar-refractivity contribution in [2.75, 3.05) is 13.1 Å². The Bertz CT molecular complexity index is 205. The summed E-state index contributed by atoms with van der Waals surface area (Å²) in [7, 11) is 0. The molecule has 0 saturated heterocycles. The van der Waals surface area contributed by atoms with Crippen molar-refractivity contribution in [2.45, 2.75) is 168 Å². The van der Waals surface area contributed by atoms with Gasteiger partial charge in [0.15, 0.2) is 0 Å². The van der Waals surface area contributed by atoms with Gasteiger partial charge in [-0.3, -0.25) is 0 Å². The molecule has 0 aromatic heterocycles. The van der Waals surface area contributed by atoms with E-state index in [1.165, 1.54) is 154 Å². The van der Waals surface area contributed by atoms with Gasteiger partial charge in [-0.15, -0.1) is 0 Å². The molecule has 0 aromatic carbocycles. The van der Waals surface area contributed by atoms with Gasteiger partial charge >= 0.3 is 0 Å². The van der Waals surface area contributed by atoms with E-state index < -0.39 is 0 Å². The van der Waals surface area contributed by atoms with Crippen LogP contribution in [0.1, 0.15) is 168 Å². The van der Waals surface area contributed by atoms with Gasteiger partial charge in [-0.1, -0.05) is 155 Å². The zero-order valence-electron chi connectivity index (χ0n) is 21.5. The molecule has 0 spiro atoms. The fourth-order valence-corrected chi connectivity index (χ4v) is 3.97. The van der Waals surface area contributed by atoms with E-state index in [4.69, 9.17) is 11.5 Å². The summed E-state index contributed by atoms with van der Waals surface area (Å²) in [6, 6.07) is 0. The average Bonchev–Trinajstić information content (AvgIpc) is 2.76. The predicted octanol–water partition coefficient (Wildman–Crippen LogP) is 9.29. The van der Waals surface area contributed by atoms with E-state index in [2.05, 4.69) is 13.8 Å². The number of unbranched alkanes of at least 4 members (excludes halogenated alkanes) is 22. The molecule has 30 heavy (non-hydrogen) atoms. The Morgan fingerprint density at radius 3 is 0.600 bits per heavy atom. The molecule has 0 heterocycles. The quantitative estimate of drug-likeness (QED) is 0.151. The summed E-state index contributed by atoms with van der Waals surface area (Å²) in [6.07, 6.45) is 33.8. The molecule has 0 aromatic rings. The molecule has 0 aliphatic rings. The van der Waals surface area contributed by atoms with Crippen LogP contribution in [0.4, 0.5) is 0 Å². The first kappa shape index (κ1) is 32.1.